The number of pyridine rings is 1. The highest BCUT2D eigenvalue weighted by Crippen LogP contribution is 2.12. The SMILES string of the molecule is Cc1ccc[n+](OCC(F)(F)F)c1. The molecule has 0 saturated heterocycles. The molecule has 0 fully saturated rings. The van der Waals surface area contributed by atoms with Gasteiger partial charge < -0.3 is 0 Å². The van der Waals surface area contributed by atoms with Crippen LogP contribution in [-0.2, 0) is 0 Å². The first-order chi connectivity index (χ1) is 5.97. The number of hydrogen-bond acceptors (Lipinski definition) is 1. The molecule has 0 unspecified atom stereocenters. The molecule has 72 valence electrons. The predicted octanol–water partition coefficient (Wildman–Crippen LogP) is 1.27. The van der Waals surface area contributed by atoms with E-state index in [1.165, 1.54) is 12.4 Å². The first kappa shape index (κ1) is 9.83. The topological polar surface area (TPSA) is 13.1 Å². The van der Waals surface area contributed by atoms with Crippen LogP contribution in [0.5, 0.6) is 0 Å². The van der Waals surface area contributed by atoms with Gasteiger partial charge in [-0.2, -0.15) is 13.2 Å². The number of alkyl halides is 3. The van der Waals surface area contributed by atoms with Gasteiger partial charge in [0.1, 0.15) is 0 Å². The van der Waals surface area contributed by atoms with Crippen LogP contribution >= 0.6 is 0 Å². The number of hydrogen-bond donors (Lipinski definition) is 0. The Hall–Kier alpha value is -1.26. The number of aromatic nitrogens is 1. The normalized spacial score (nSPS) is 11.4. The molecule has 0 spiro atoms. The zero-order chi connectivity index (χ0) is 9.90. The van der Waals surface area contributed by atoms with Crippen LogP contribution in [-0.4, -0.2) is 12.8 Å². The molecule has 0 saturated carbocycles. The van der Waals surface area contributed by atoms with Crippen LogP contribution in [0.3, 0.4) is 0 Å². The lowest BCUT2D eigenvalue weighted by molar-refractivity contribution is -0.894. The smallest absolute Gasteiger partial charge is 0.262 e. The number of nitrogens with zero attached hydrogens (tertiary/aromatic N) is 1. The molecular weight excluding hydrogens is 183 g/mol. The molecule has 0 radical (unpaired) electrons. The van der Waals surface area contributed by atoms with Crippen LogP contribution in [0.25, 0.3) is 0 Å². The molecule has 5 heteroatoms. The molecule has 0 amide bonds. The third-order valence-electron chi connectivity index (χ3n) is 1.30. The summed E-state index contributed by atoms with van der Waals surface area (Å²) in [6.45, 7) is 0.495. The lowest BCUT2D eigenvalue weighted by Crippen LogP contribution is -2.46. The molecule has 13 heavy (non-hydrogen) atoms. The second-order valence-electron chi connectivity index (χ2n) is 2.63. The summed E-state index contributed by atoms with van der Waals surface area (Å²) >= 11 is 0. The van der Waals surface area contributed by atoms with E-state index in [9.17, 15) is 13.2 Å². The van der Waals surface area contributed by atoms with Gasteiger partial charge in [-0.1, -0.05) is 0 Å². The minimum Gasteiger partial charge on any atom is -0.262 e. The Balaban J connectivity index is 2.55. The van der Waals surface area contributed by atoms with Crippen LogP contribution in [0.15, 0.2) is 24.5 Å². The lowest BCUT2D eigenvalue weighted by Gasteiger charge is -2.02. The van der Waals surface area contributed by atoms with Crippen molar-refractivity contribution in [2.24, 2.45) is 0 Å². The van der Waals surface area contributed by atoms with Gasteiger partial charge in [-0.05, 0) is 13.0 Å². The molecule has 0 aromatic carbocycles. The molecule has 0 bridgehead atoms. The average molecular weight is 192 g/mol. The van der Waals surface area contributed by atoms with Gasteiger partial charge in [-0.25, -0.2) is 0 Å². The highest BCUT2D eigenvalue weighted by Gasteiger charge is 2.31. The Morgan fingerprint density at radius 3 is 2.69 bits per heavy atom. The van der Waals surface area contributed by atoms with E-state index in [-0.39, 0.29) is 0 Å². The molecule has 0 aliphatic carbocycles. The van der Waals surface area contributed by atoms with Crippen molar-refractivity contribution in [2.75, 3.05) is 6.61 Å². The Bertz CT molecular complexity index is 285. The highest BCUT2D eigenvalue weighted by atomic mass is 19.4. The molecule has 0 N–H and O–H groups in total. The van der Waals surface area contributed by atoms with Gasteiger partial charge in [-0.3, -0.25) is 4.84 Å². The van der Waals surface area contributed by atoms with E-state index in [2.05, 4.69) is 4.84 Å². The van der Waals surface area contributed by atoms with Crippen molar-refractivity contribution in [3.8, 4) is 0 Å². The zero-order valence-electron chi connectivity index (χ0n) is 7.01. The number of aryl methyl sites for hydroxylation is 1. The fraction of sp³-hybridized carbons (Fsp3) is 0.375. The van der Waals surface area contributed by atoms with Gasteiger partial charge in [0.2, 0.25) is 12.4 Å². The van der Waals surface area contributed by atoms with Crippen LogP contribution in [0.2, 0.25) is 0 Å². The predicted molar refractivity (Wildman–Crippen MR) is 38.9 cm³/mol. The van der Waals surface area contributed by atoms with E-state index in [1.807, 2.05) is 0 Å². The van der Waals surface area contributed by atoms with Crippen molar-refractivity contribution in [1.29, 1.82) is 0 Å². The lowest BCUT2D eigenvalue weighted by atomic mass is 10.3. The summed E-state index contributed by atoms with van der Waals surface area (Å²) in [6.07, 6.45) is -1.40. The van der Waals surface area contributed by atoms with Crippen molar-refractivity contribution in [3.63, 3.8) is 0 Å². The largest absolute Gasteiger partial charge is 0.429 e. The maximum Gasteiger partial charge on any atom is 0.429 e. The molecule has 1 rings (SSSR count). The van der Waals surface area contributed by atoms with E-state index in [1.54, 1.807) is 19.1 Å². The van der Waals surface area contributed by atoms with E-state index in [4.69, 9.17) is 0 Å². The van der Waals surface area contributed by atoms with E-state index in [0.717, 1.165) is 10.3 Å². The minimum atomic E-state index is -4.29. The van der Waals surface area contributed by atoms with E-state index in [0.29, 0.717) is 0 Å². The van der Waals surface area contributed by atoms with Gasteiger partial charge in [0.05, 0.1) is 0 Å². The number of rotatable bonds is 2. The Labute approximate surface area is 73.5 Å². The minimum absolute atomic E-state index is 0.838. The Morgan fingerprint density at radius 1 is 1.46 bits per heavy atom. The molecule has 0 atom stereocenters. The number of halogens is 3. The molecule has 1 aromatic heterocycles. The Kier molecular flexibility index (Phi) is 2.75. The summed E-state index contributed by atoms with van der Waals surface area (Å²) in [5.41, 5.74) is 0.838. The van der Waals surface area contributed by atoms with Gasteiger partial charge in [-0.15, -0.1) is 0 Å². The van der Waals surface area contributed by atoms with E-state index < -0.39 is 12.8 Å². The quantitative estimate of drug-likeness (QED) is 0.643. The van der Waals surface area contributed by atoms with Crippen molar-refractivity contribution in [3.05, 3.63) is 30.1 Å². The molecule has 0 aliphatic rings. The van der Waals surface area contributed by atoms with Crippen LogP contribution in [0.4, 0.5) is 13.2 Å². The molecule has 2 nitrogen and oxygen atoms in total. The molecule has 1 heterocycles. The molecule has 0 aliphatic heterocycles. The first-order valence-corrected chi connectivity index (χ1v) is 3.65. The van der Waals surface area contributed by atoms with Crippen LogP contribution in [0.1, 0.15) is 5.56 Å². The summed E-state index contributed by atoms with van der Waals surface area (Å²) in [5.74, 6) is 0. The van der Waals surface area contributed by atoms with Crippen molar-refractivity contribution in [1.82, 2.24) is 0 Å². The summed E-state index contributed by atoms with van der Waals surface area (Å²) in [6, 6.07) is 3.39. The average Bonchev–Trinajstić information content (AvgIpc) is 2.00. The van der Waals surface area contributed by atoms with Crippen molar-refractivity contribution >= 4 is 0 Å². The van der Waals surface area contributed by atoms with Gasteiger partial charge in [0.15, 0.2) is 0 Å². The van der Waals surface area contributed by atoms with Crippen LogP contribution < -0.4 is 9.57 Å². The third-order valence-corrected chi connectivity index (χ3v) is 1.30. The first-order valence-electron chi connectivity index (χ1n) is 3.65. The molecule has 1 aromatic rings. The standard InChI is InChI=1S/C8H9F3NO/c1-7-3-2-4-12(5-7)13-6-8(9,10)11/h2-5H,6H2,1H3/q+1. The van der Waals surface area contributed by atoms with Crippen molar-refractivity contribution in [2.45, 2.75) is 13.1 Å². The fourth-order valence-corrected chi connectivity index (χ4v) is 0.794. The van der Waals surface area contributed by atoms with Gasteiger partial charge in [0, 0.05) is 16.4 Å². The maximum absolute atomic E-state index is 11.7. The zero-order valence-corrected chi connectivity index (χ0v) is 7.01. The van der Waals surface area contributed by atoms with Crippen LogP contribution in [0, 0.1) is 6.92 Å². The summed E-state index contributed by atoms with van der Waals surface area (Å²) in [7, 11) is 0. The maximum atomic E-state index is 11.7. The molecular formula is C8H9F3NO+. The summed E-state index contributed by atoms with van der Waals surface area (Å²) < 4.78 is 36.2. The second kappa shape index (κ2) is 3.64. The highest BCUT2D eigenvalue weighted by molar-refractivity contribution is 5.00. The fourth-order valence-electron chi connectivity index (χ4n) is 0.794. The Morgan fingerprint density at radius 2 is 2.15 bits per heavy atom. The van der Waals surface area contributed by atoms with Gasteiger partial charge >= 0.3 is 6.18 Å². The van der Waals surface area contributed by atoms with Crippen molar-refractivity contribution < 1.29 is 22.7 Å². The monoisotopic (exact) mass is 192 g/mol. The van der Waals surface area contributed by atoms with E-state index >= 15 is 0 Å². The summed E-state index contributed by atoms with van der Waals surface area (Å²) in [4.78, 5) is 4.44. The second-order valence-corrected chi connectivity index (χ2v) is 2.63. The third kappa shape index (κ3) is 3.78. The summed E-state index contributed by atoms with van der Waals surface area (Å²) in [5, 5.41) is 0. The van der Waals surface area contributed by atoms with Gasteiger partial charge in [0.25, 0.3) is 6.61 Å².